The van der Waals surface area contributed by atoms with Gasteiger partial charge < -0.3 is 20.1 Å². The van der Waals surface area contributed by atoms with Crippen LogP contribution in [0.15, 0.2) is 6.07 Å². The number of hydrogen-bond acceptors (Lipinski definition) is 5. The van der Waals surface area contributed by atoms with Crippen LogP contribution in [0.25, 0.3) is 0 Å². The second kappa shape index (κ2) is 3.82. The van der Waals surface area contributed by atoms with Crippen LogP contribution >= 0.6 is 0 Å². The van der Waals surface area contributed by atoms with Gasteiger partial charge in [-0.15, -0.1) is 0 Å². The van der Waals surface area contributed by atoms with Crippen LogP contribution in [-0.2, 0) is 0 Å². The molecular weight excluding hydrogens is 206 g/mol. The van der Waals surface area contributed by atoms with Crippen LogP contribution in [0.1, 0.15) is 20.8 Å². The lowest BCUT2D eigenvalue weighted by Gasteiger charge is -2.05. The normalized spacial score (nSPS) is 9.67. The Kier molecular flexibility index (Phi) is 2.75. The summed E-state index contributed by atoms with van der Waals surface area (Å²) in [5.41, 5.74) is -1.28. The number of hydrogen-bond donors (Lipinski definition) is 3. The second-order valence-electron chi connectivity index (χ2n) is 2.52. The molecule has 0 bridgehead atoms. The van der Waals surface area contributed by atoms with Crippen molar-refractivity contribution >= 4 is 11.9 Å². The molecule has 15 heavy (non-hydrogen) atoms. The van der Waals surface area contributed by atoms with Crippen molar-refractivity contribution in [3.8, 4) is 11.6 Å². The molecule has 1 rings (SSSR count). The first-order valence-electron chi connectivity index (χ1n) is 3.72. The number of carboxylic acid groups (broad SMARTS) is 2. The highest BCUT2D eigenvalue weighted by atomic mass is 16.5. The van der Waals surface area contributed by atoms with Crippen LogP contribution in [0.2, 0.25) is 0 Å². The molecule has 0 amide bonds. The van der Waals surface area contributed by atoms with Crippen molar-refractivity contribution in [2.75, 3.05) is 7.11 Å². The Labute approximate surface area is 83.6 Å². The minimum Gasteiger partial charge on any atom is -0.503 e. The first-order chi connectivity index (χ1) is 6.97. The van der Waals surface area contributed by atoms with E-state index in [4.69, 9.17) is 10.2 Å². The summed E-state index contributed by atoms with van der Waals surface area (Å²) in [7, 11) is 1.17. The Bertz CT molecular complexity index is 427. The monoisotopic (exact) mass is 213 g/mol. The van der Waals surface area contributed by atoms with Crippen molar-refractivity contribution < 1.29 is 29.6 Å². The smallest absolute Gasteiger partial charge is 0.355 e. The summed E-state index contributed by atoms with van der Waals surface area (Å²) < 4.78 is 4.55. The van der Waals surface area contributed by atoms with E-state index in [1.54, 1.807) is 0 Å². The molecule has 0 unspecified atom stereocenters. The third-order valence-electron chi connectivity index (χ3n) is 1.59. The molecule has 0 aromatic carbocycles. The standard InChI is InChI=1S/C8H7NO6/c1-15-6-4(10)2-3(7(11)12)5(9-6)8(13)14/h2,10H,1H3,(H,11,12)(H,13,14). The molecule has 0 aliphatic rings. The molecule has 0 fully saturated rings. The van der Waals surface area contributed by atoms with Gasteiger partial charge in [0, 0.05) is 6.07 Å². The van der Waals surface area contributed by atoms with E-state index in [0.29, 0.717) is 0 Å². The van der Waals surface area contributed by atoms with Gasteiger partial charge in [-0.1, -0.05) is 0 Å². The summed E-state index contributed by atoms with van der Waals surface area (Å²) >= 11 is 0. The molecule has 0 radical (unpaired) electrons. The predicted molar refractivity (Wildman–Crippen MR) is 46.4 cm³/mol. The number of carbonyl (C=O) groups is 2. The zero-order valence-electron chi connectivity index (χ0n) is 7.59. The van der Waals surface area contributed by atoms with E-state index in [0.717, 1.165) is 6.07 Å². The van der Waals surface area contributed by atoms with E-state index < -0.39 is 28.9 Å². The number of nitrogens with zero attached hydrogens (tertiary/aromatic N) is 1. The highest BCUT2D eigenvalue weighted by Crippen LogP contribution is 2.25. The number of pyridine rings is 1. The molecule has 1 aromatic rings. The van der Waals surface area contributed by atoms with Crippen molar-refractivity contribution in [2.24, 2.45) is 0 Å². The third-order valence-corrected chi connectivity index (χ3v) is 1.59. The molecule has 80 valence electrons. The SMILES string of the molecule is COc1nc(C(=O)O)c(C(=O)O)cc1O. The molecule has 0 saturated carbocycles. The number of methoxy groups -OCH3 is 1. The minimum atomic E-state index is -1.51. The number of carboxylic acids is 2. The molecule has 0 aliphatic carbocycles. The van der Waals surface area contributed by atoms with Gasteiger partial charge in [-0.05, 0) is 0 Å². The van der Waals surface area contributed by atoms with Crippen molar-refractivity contribution in [3.63, 3.8) is 0 Å². The van der Waals surface area contributed by atoms with Crippen LogP contribution in [0.4, 0.5) is 0 Å². The van der Waals surface area contributed by atoms with E-state index in [1.807, 2.05) is 0 Å². The first-order valence-corrected chi connectivity index (χ1v) is 3.72. The minimum absolute atomic E-state index is 0.336. The average Bonchev–Trinajstić information content (AvgIpc) is 2.16. The molecule has 3 N–H and O–H groups in total. The van der Waals surface area contributed by atoms with Crippen LogP contribution in [0.3, 0.4) is 0 Å². The first kappa shape index (κ1) is 10.8. The van der Waals surface area contributed by atoms with Crippen LogP contribution < -0.4 is 4.74 Å². The summed E-state index contributed by atoms with van der Waals surface area (Å²) in [4.78, 5) is 24.6. The summed E-state index contributed by atoms with van der Waals surface area (Å²) in [6.07, 6.45) is 0. The Morgan fingerprint density at radius 2 is 1.93 bits per heavy atom. The third kappa shape index (κ3) is 1.96. The van der Waals surface area contributed by atoms with Gasteiger partial charge in [0.05, 0.1) is 12.7 Å². The lowest BCUT2D eigenvalue weighted by atomic mass is 10.2. The van der Waals surface area contributed by atoms with Gasteiger partial charge in [0.25, 0.3) is 5.88 Å². The fourth-order valence-corrected chi connectivity index (χ4v) is 0.962. The molecule has 7 heteroatoms. The second-order valence-corrected chi connectivity index (χ2v) is 2.52. The molecule has 1 heterocycles. The summed E-state index contributed by atoms with van der Waals surface area (Å²) in [5, 5.41) is 26.5. The van der Waals surface area contributed by atoms with E-state index in [1.165, 1.54) is 7.11 Å². The maximum atomic E-state index is 10.6. The van der Waals surface area contributed by atoms with Crippen molar-refractivity contribution in [1.29, 1.82) is 0 Å². The summed E-state index contributed by atoms with van der Waals surface area (Å²) in [6, 6.07) is 0.775. The Morgan fingerprint density at radius 3 is 2.33 bits per heavy atom. The molecule has 7 nitrogen and oxygen atoms in total. The number of ether oxygens (including phenoxy) is 1. The van der Waals surface area contributed by atoms with Gasteiger partial charge in [-0.25, -0.2) is 14.6 Å². The van der Waals surface area contributed by atoms with E-state index in [2.05, 4.69) is 9.72 Å². The van der Waals surface area contributed by atoms with Gasteiger partial charge in [-0.2, -0.15) is 0 Å². The Balaban J connectivity index is 3.45. The topological polar surface area (TPSA) is 117 Å². The zero-order valence-corrected chi connectivity index (χ0v) is 7.59. The zero-order chi connectivity index (χ0) is 11.6. The van der Waals surface area contributed by atoms with Gasteiger partial charge in [-0.3, -0.25) is 0 Å². The predicted octanol–water partition coefficient (Wildman–Crippen LogP) is 0.192. The highest BCUT2D eigenvalue weighted by molar-refractivity contribution is 6.00. The molecule has 0 aliphatic heterocycles. The quantitative estimate of drug-likeness (QED) is 0.656. The van der Waals surface area contributed by atoms with E-state index in [-0.39, 0.29) is 5.88 Å². The summed E-state index contributed by atoms with van der Waals surface area (Å²) in [6.45, 7) is 0. The summed E-state index contributed by atoms with van der Waals surface area (Å²) in [5.74, 6) is -3.86. The van der Waals surface area contributed by atoms with Crippen LogP contribution in [-0.4, -0.2) is 39.4 Å². The lowest BCUT2D eigenvalue weighted by Crippen LogP contribution is -2.11. The lowest BCUT2D eigenvalue weighted by molar-refractivity contribution is 0.0645. The Morgan fingerprint density at radius 1 is 1.33 bits per heavy atom. The largest absolute Gasteiger partial charge is 0.503 e. The Hall–Kier alpha value is -2.31. The molecular formula is C8H7NO6. The van der Waals surface area contributed by atoms with Crippen molar-refractivity contribution in [3.05, 3.63) is 17.3 Å². The van der Waals surface area contributed by atoms with Crippen LogP contribution in [0, 0.1) is 0 Å². The van der Waals surface area contributed by atoms with Crippen molar-refractivity contribution in [1.82, 2.24) is 4.98 Å². The van der Waals surface area contributed by atoms with Crippen LogP contribution in [0.5, 0.6) is 11.6 Å². The molecule has 1 aromatic heterocycles. The maximum Gasteiger partial charge on any atom is 0.355 e. The highest BCUT2D eigenvalue weighted by Gasteiger charge is 2.21. The van der Waals surface area contributed by atoms with E-state index in [9.17, 15) is 14.7 Å². The fraction of sp³-hybridized carbons (Fsp3) is 0.125. The molecule has 0 spiro atoms. The number of aromatic hydroxyl groups is 1. The molecule has 0 saturated heterocycles. The molecule has 0 atom stereocenters. The maximum absolute atomic E-state index is 10.6. The fourth-order valence-electron chi connectivity index (χ4n) is 0.962. The number of aromatic carboxylic acids is 2. The van der Waals surface area contributed by atoms with Crippen molar-refractivity contribution in [2.45, 2.75) is 0 Å². The van der Waals surface area contributed by atoms with Gasteiger partial charge in [0.1, 0.15) is 0 Å². The van der Waals surface area contributed by atoms with Gasteiger partial charge >= 0.3 is 11.9 Å². The average molecular weight is 213 g/mol. The number of aromatic nitrogens is 1. The van der Waals surface area contributed by atoms with E-state index >= 15 is 0 Å². The number of rotatable bonds is 3. The van der Waals surface area contributed by atoms with Gasteiger partial charge in [0.15, 0.2) is 11.4 Å². The van der Waals surface area contributed by atoms with Gasteiger partial charge in [0.2, 0.25) is 0 Å².